The van der Waals surface area contributed by atoms with Crippen LogP contribution in [0.1, 0.15) is 5.56 Å². The molecule has 9 nitrogen and oxygen atoms in total. The smallest absolute Gasteiger partial charge is 0.344 e. The summed E-state index contributed by atoms with van der Waals surface area (Å²) in [6, 6.07) is 14.7. The Morgan fingerprint density at radius 2 is 1.82 bits per heavy atom. The molecule has 0 bridgehead atoms. The van der Waals surface area contributed by atoms with E-state index in [0.29, 0.717) is 12.4 Å². The Morgan fingerprint density at radius 3 is 2.45 bits per heavy atom. The third-order valence-electron chi connectivity index (χ3n) is 4.73. The van der Waals surface area contributed by atoms with Crippen molar-refractivity contribution in [3.63, 3.8) is 0 Å². The number of esters is 1. The van der Waals surface area contributed by atoms with Crippen LogP contribution in [0.4, 0.5) is 5.69 Å². The second-order valence-electron chi connectivity index (χ2n) is 8.76. The van der Waals surface area contributed by atoms with Gasteiger partial charge >= 0.3 is 16.2 Å². The van der Waals surface area contributed by atoms with Crippen LogP contribution in [0.15, 0.2) is 48.5 Å². The second-order valence-corrected chi connectivity index (χ2v) is 16.0. The van der Waals surface area contributed by atoms with Crippen molar-refractivity contribution in [3.8, 4) is 11.5 Å². The highest BCUT2D eigenvalue weighted by molar-refractivity contribution is 7.92. The summed E-state index contributed by atoms with van der Waals surface area (Å²) in [7, 11) is -5.32. The van der Waals surface area contributed by atoms with E-state index in [2.05, 4.69) is 19.6 Å². The van der Waals surface area contributed by atoms with Crippen LogP contribution in [0.25, 0.3) is 0 Å². The van der Waals surface area contributed by atoms with Gasteiger partial charge < -0.3 is 14.2 Å². The van der Waals surface area contributed by atoms with E-state index < -0.39 is 30.2 Å². The van der Waals surface area contributed by atoms with E-state index in [1.54, 1.807) is 0 Å². The molecule has 0 unspecified atom stereocenters. The molecule has 178 valence electrons. The largest absolute Gasteiger partial charge is 0.487 e. The first-order valence-corrected chi connectivity index (χ1v) is 15.6. The van der Waals surface area contributed by atoms with E-state index in [1.807, 2.05) is 35.1 Å². The molecule has 1 fully saturated rings. The van der Waals surface area contributed by atoms with Crippen LogP contribution in [-0.4, -0.2) is 48.1 Å². The molecule has 1 saturated heterocycles. The van der Waals surface area contributed by atoms with Crippen LogP contribution in [0.2, 0.25) is 25.7 Å². The topological polar surface area (TPSA) is 111 Å². The van der Waals surface area contributed by atoms with Gasteiger partial charge in [-0.25, -0.2) is 13.8 Å². The summed E-state index contributed by atoms with van der Waals surface area (Å²) in [6.07, 6.45) is 0. The summed E-state index contributed by atoms with van der Waals surface area (Å²) in [5.41, 5.74) is 1.06. The van der Waals surface area contributed by atoms with Crippen LogP contribution in [-0.2, 0) is 31.1 Å². The highest BCUT2D eigenvalue weighted by Crippen LogP contribution is 2.35. The Bertz CT molecular complexity index is 1100. The molecule has 1 heterocycles. The maximum atomic E-state index is 12.3. The lowest BCUT2D eigenvalue weighted by Crippen LogP contribution is -2.29. The van der Waals surface area contributed by atoms with E-state index in [0.717, 1.165) is 15.9 Å². The van der Waals surface area contributed by atoms with Gasteiger partial charge in [0, 0.05) is 14.1 Å². The summed E-state index contributed by atoms with van der Waals surface area (Å²) in [5.74, 6) is -0.616. The summed E-state index contributed by atoms with van der Waals surface area (Å²) in [6.45, 7) is 6.47. The maximum absolute atomic E-state index is 12.3. The highest BCUT2D eigenvalue weighted by atomic mass is 32.2. The van der Waals surface area contributed by atoms with Gasteiger partial charge in [0.2, 0.25) is 0 Å². The highest BCUT2D eigenvalue weighted by Gasteiger charge is 2.35. The third-order valence-corrected chi connectivity index (χ3v) is 7.82. The number of carbonyl (C=O) groups is 2. The fraction of sp³-hybridized carbons (Fsp3) is 0.364. The van der Waals surface area contributed by atoms with Gasteiger partial charge in [0.15, 0.2) is 6.61 Å². The van der Waals surface area contributed by atoms with Gasteiger partial charge in [0.05, 0.1) is 12.3 Å². The Hall–Kier alpha value is -3.05. The predicted molar refractivity (Wildman–Crippen MR) is 126 cm³/mol. The normalized spacial score (nSPS) is 15.1. The fourth-order valence-corrected chi connectivity index (χ4v) is 4.83. The molecular formula is C22H28N2O7SSi. The van der Waals surface area contributed by atoms with Crippen LogP contribution < -0.4 is 18.5 Å². The van der Waals surface area contributed by atoms with E-state index in [1.165, 1.54) is 18.2 Å². The lowest BCUT2D eigenvalue weighted by atomic mass is 10.2. The van der Waals surface area contributed by atoms with Gasteiger partial charge in [0.1, 0.15) is 24.7 Å². The zero-order chi connectivity index (χ0) is 24.1. The molecule has 0 spiro atoms. The van der Waals surface area contributed by atoms with E-state index >= 15 is 0 Å². The number of nitrogens with zero attached hydrogens (tertiary/aromatic N) is 1. The SMILES string of the molecule is C[Si](C)(C)CCOC(=O)COc1ccc(N2CC(=O)NS2(=O)=O)c(OCc2ccccc2)c1. The van der Waals surface area contributed by atoms with Crippen molar-refractivity contribution in [2.75, 3.05) is 24.1 Å². The molecule has 0 atom stereocenters. The molecule has 1 N–H and O–H groups in total. The van der Waals surface area contributed by atoms with Gasteiger partial charge in [-0.1, -0.05) is 50.0 Å². The van der Waals surface area contributed by atoms with Crippen molar-refractivity contribution < 1.29 is 32.2 Å². The van der Waals surface area contributed by atoms with Crippen molar-refractivity contribution in [2.24, 2.45) is 0 Å². The standard InChI is InChI=1S/C22H28N2O7SSi/c1-33(2,3)12-11-29-22(26)16-30-18-9-10-19(24-14-21(25)23-32(24,27)28)20(13-18)31-15-17-7-5-4-6-8-17/h4-10,13H,11-12,14-16H2,1-3H3,(H,23,25). The molecule has 1 aliphatic heterocycles. The molecule has 0 saturated carbocycles. The average molecular weight is 493 g/mol. The van der Waals surface area contributed by atoms with Crippen molar-refractivity contribution in [1.29, 1.82) is 0 Å². The molecular weight excluding hydrogens is 464 g/mol. The van der Waals surface area contributed by atoms with Crippen molar-refractivity contribution in [1.82, 2.24) is 4.72 Å². The molecule has 1 amide bonds. The number of benzene rings is 2. The molecule has 2 aromatic rings. The minimum absolute atomic E-state index is 0.172. The minimum Gasteiger partial charge on any atom is -0.487 e. The lowest BCUT2D eigenvalue weighted by molar-refractivity contribution is -0.145. The predicted octanol–water partition coefficient (Wildman–Crippen LogP) is 2.71. The third kappa shape index (κ3) is 7.22. The van der Waals surface area contributed by atoms with Crippen molar-refractivity contribution >= 4 is 35.8 Å². The number of ether oxygens (including phenoxy) is 3. The van der Waals surface area contributed by atoms with E-state index in [-0.39, 0.29) is 31.2 Å². The number of amides is 1. The number of hydrogen-bond acceptors (Lipinski definition) is 7. The van der Waals surface area contributed by atoms with Crippen molar-refractivity contribution in [3.05, 3.63) is 54.1 Å². The monoisotopic (exact) mass is 492 g/mol. The van der Waals surface area contributed by atoms with Gasteiger partial charge in [-0.05, 0) is 23.7 Å². The van der Waals surface area contributed by atoms with Crippen molar-refractivity contribution in [2.45, 2.75) is 32.3 Å². The Balaban J connectivity index is 1.73. The first kappa shape index (κ1) is 24.6. The van der Waals surface area contributed by atoms with E-state index in [4.69, 9.17) is 14.2 Å². The number of nitrogens with one attached hydrogen (secondary N) is 1. The van der Waals surface area contributed by atoms with Crippen LogP contribution in [0.3, 0.4) is 0 Å². The zero-order valence-corrected chi connectivity index (χ0v) is 20.7. The zero-order valence-electron chi connectivity index (χ0n) is 18.9. The van der Waals surface area contributed by atoms with Gasteiger partial charge in [-0.2, -0.15) is 8.42 Å². The number of rotatable bonds is 10. The first-order valence-electron chi connectivity index (χ1n) is 10.5. The average Bonchev–Trinajstić information content (AvgIpc) is 3.02. The minimum atomic E-state index is -4.01. The van der Waals surface area contributed by atoms with Crippen LogP contribution in [0.5, 0.6) is 11.5 Å². The van der Waals surface area contributed by atoms with Gasteiger partial charge in [-0.3, -0.25) is 4.79 Å². The Labute approximate surface area is 194 Å². The molecule has 11 heteroatoms. The second kappa shape index (κ2) is 10.3. The summed E-state index contributed by atoms with van der Waals surface area (Å²) < 4.78 is 44.2. The number of anilines is 1. The molecule has 3 rings (SSSR count). The molecule has 1 aliphatic rings. The van der Waals surface area contributed by atoms with Gasteiger partial charge in [0.25, 0.3) is 5.91 Å². The maximum Gasteiger partial charge on any atom is 0.344 e. The first-order chi connectivity index (χ1) is 15.5. The molecule has 33 heavy (non-hydrogen) atoms. The number of hydrogen-bond donors (Lipinski definition) is 1. The molecule has 0 aliphatic carbocycles. The molecule has 2 aromatic carbocycles. The van der Waals surface area contributed by atoms with E-state index in [9.17, 15) is 18.0 Å². The molecule has 0 radical (unpaired) electrons. The lowest BCUT2D eigenvalue weighted by Gasteiger charge is -2.20. The number of carbonyl (C=O) groups excluding carboxylic acids is 2. The van der Waals surface area contributed by atoms with Gasteiger partial charge in [-0.15, -0.1) is 0 Å². The fourth-order valence-electron chi connectivity index (χ4n) is 2.96. The quantitative estimate of drug-likeness (QED) is 0.401. The molecule has 0 aromatic heterocycles. The summed E-state index contributed by atoms with van der Waals surface area (Å²) >= 11 is 0. The van der Waals surface area contributed by atoms with Crippen LogP contribution >= 0.6 is 0 Å². The summed E-state index contributed by atoms with van der Waals surface area (Å²) in [4.78, 5) is 23.7. The van der Waals surface area contributed by atoms with Crippen LogP contribution in [0, 0.1) is 0 Å². The summed E-state index contributed by atoms with van der Waals surface area (Å²) in [5, 5.41) is 0. The Kier molecular flexibility index (Phi) is 7.64. The Morgan fingerprint density at radius 1 is 1.09 bits per heavy atom.